The molecule has 2 rings (SSSR count). The van der Waals surface area contributed by atoms with Crippen molar-refractivity contribution in [3.63, 3.8) is 0 Å². The molecular formula is C18H20O4. The minimum atomic E-state index is -0.379. The van der Waals surface area contributed by atoms with Gasteiger partial charge in [-0.05, 0) is 44.5 Å². The number of hydrogen-bond acceptors (Lipinski definition) is 4. The molecule has 0 aliphatic carbocycles. The molecule has 0 radical (unpaired) electrons. The molecule has 1 aromatic carbocycles. The number of hydrogen-bond donors (Lipinski definition) is 0. The second-order valence-corrected chi connectivity index (χ2v) is 5.68. The Labute approximate surface area is 130 Å². The molecule has 0 aromatic heterocycles. The van der Waals surface area contributed by atoms with E-state index in [4.69, 9.17) is 9.47 Å². The molecule has 22 heavy (non-hydrogen) atoms. The third-order valence-corrected chi connectivity index (χ3v) is 3.40. The molecule has 0 saturated carbocycles. The van der Waals surface area contributed by atoms with Crippen molar-refractivity contribution in [3.8, 4) is 5.75 Å². The van der Waals surface area contributed by atoms with Gasteiger partial charge in [-0.15, -0.1) is 0 Å². The number of ether oxygens (including phenoxy) is 2. The van der Waals surface area contributed by atoms with Crippen LogP contribution in [0.25, 0.3) is 0 Å². The van der Waals surface area contributed by atoms with E-state index in [2.05, 4.69) is 6.58 Å². The van der Waals surface area contributed by atoms with Gasteiger partial charge in [0.25, 0.3) is 0 Å². The van der Waals surface area contributed by atoms with Crippen LogP contribution in [0.15, 0.2) is 42.0 Å². The molecule has 0 bridgehead atoms. The van der Waals surface area contributed by atoms with Crippen LogP contribution >= 0.6 is 0 Å². The maximum Gasteiger partial charge on any atom is 0.331 e. The van der Waals surface area contributed by atoms with Crippen LogP contribution in [-0.4, -0.2) is 24.5 Å². The van der Waals surface area contributed by atoms with Gasteiger partial charge in [-0.25, -0.2) is 4.79 Å². The topological polar surface area (TPSA) is 52.6 Å². The molecule has 0 saturated heterocycles. The second kappa shape index (κ2) is 6.60. The molecule has 4 heteroatoms. The van der Waals surface area contributed by atoms with Gasteiger partial charge in [0.05, 0.1) is 0 Å². The predicted octanol–water partition coefficient (Wildman–Crippen LogP) is 3.26. The van der Waals surface area contributed by atoms with E-state index in [0.29, 0.717) is 17.6 Å². The number of esters is 1. The van der Waals surface area contributed by atoms with Crippen LogP contribution in [0.1, 0.15) is 36.7 Å². The standard InChI is InChI=1S/C18H20O4/c1-11(2)7-18(20)21-10-12(3)17-9-15-8-14(13(4)19)5-6-16(15)22-17/h5-8,17H,3,9-10H2,1-2,4H3. The Morgan fingerprint density at radius 3 is 2.73 bits per heavy atom. The number of carbonyl (C=O) groups is 2. The van der Waals surface area contributed by atoms with Crippen molar-refractivity contribution in [1.29, 1.82) is 0 Å². The van der Waals surface area contributed by atoms with Gasteiger partial charge in [0.15, 0.2) is 5.78 Å². The maximum absolute atomic E-state index is 11.5. The molecule has 1 unspecified atom stereocenters. The summed E-state index contributed by atoms with van der Waals surface area (Å²) in [5.74, 6) is 0.406. The Morgan fingerprint density at radius 2 is 2.09 bits per heavy atom. The fourth-order valence-corrected chi connectivity index (χ4v) is 2.23. The summed E-state index contributed by atoms with van der Waals surface area (Å²) >= 11 is 0. The van der Waals surface area contributed by atoms with Gasteiger partial charge in [-0.3, -0.25) is 4.79 Å². The molecule has 1 atom stereocenters. The average molecular weight is 300 g/mol. The van der Waals surface area contributed by atoms with Gasteiger partial charge in [0.2, 0.25) is 0 Å². The molecule has 0 amide bonds. The summed E-state index contributed by atoms with van der Waals surface area (Å²) < 4.78 is 10.9. The second-order valence-electron chi connectivity index (χ2n) is 5.68. The summed E-state index contributed by atoms with van der Waals surface area (Å²) in [5.41, 5.74) is 3.24. The highest BCUT2D eigenvalue weighted by Gasteiger charge is 2.26. The van der Waals surface area contributed by atoms with Gasteiger partial charge in [0, 0.05) is 23.6 Å². The molecule has 1 aromatic rings. The van der Waals surface area contributed by atoms with Crippen LogP contribution in [-0.2, 0) is 16.0 Å². The Morgan fingerprint density at radius 1 is 1.36 bits per heavy atom. The molecular weight excluding hydrogens is 280 g/mol. The molecule has 4 nitrogen and oxygen atoms in total. The lowest BCUT2D eigenvalue weighted by atomic mass is 10.0. The molecule has 1 heterocycles. The predicted molar refractivity (Wildman–Crippen MR) is 84.1 cm³/mol. The van der Waals surface area contributed by atoms with Crippen molar-refractivity contribution in [2.45, 2.75) is 33.3 Å². The molecule has 1 aliphatic rings. The van der Waals surface area contributed by atoms with Gasteiger partial charge >= 0.3 is 5.97 Å². The van der Waals surface area contributed by atoms with Gasteiger partial charge in [0.1, 0.15) is 18.5 Å². The SMILES string of the molecule is C=C(COC(=O)C=C(C)C)C1Cc2cc(C(C)=O)ccc2O1. The van der Waals surface area contributed by atoms with E-state index in [0.717, 1.165) is 16.9 Å². The zero-order chi connectivity index (χ0) is 16.3. The maximum atomic E-state index is 11.5. The largest absolute Gasteiger partial charge is 0.485 e. The van der Waals surface area contributed by atoms with Crippen LogP contribution < -0.4 is 4.74 Å². The first-order chi connectivity index (χ1) is 10.4. The zero-order valence-corrected chi connectivity index (χ0v) is 13.1. The van der Waals surface area contributed by atoms with E-state index in [1.807, 2.05) is 19.9 Å². The first-order valence-electron chi connectivity index (χ1n) is 7.16. The van der Waals surface area contributed by atoms with Crippen molar-refractivity contribution in [2.75, 3.05) is 6.61 Å². The Hall–Kier alpha value is -2.36. The molecule has 0 N–H and O–H groups in total. The first-order valence-corrected chi connectivity index (χ1v) is 7.16. The van der Waals surface area contributed by atoms with Crippen LogP contribution in [0, 0.1) is 0 Å². The van der Waals surface area contributed by atoms with Crippen molar-refractivity contribution >= 4 is 11.8 Å². The number of Topliss-reactive ketones (excluding diaryl/α,β-unsaturated/α-hetero) is 1. The van der Waals surface area contributed by atoms with Crippen molar-refractivity contribution in [3.05, 3.63) is 53.1 Å². The van der Waals surface area contributed by atoms with E-state index >= 15 is 0 Å². The summed E-state index contributed by atoms with van der Waals surface area (Å²) in [5, 5.41) is 0. The molecule has 1 aliphatic heterocycles. The van der Waals surface area contributed by atoms with Gasteiger partial charge in [-0.2, -0.15) is 0 Å². The fourth-order valence-electron chi connectivity index (χ4n) is 2.23. The summed E-state index contributed by atoms with van der Waals surface area (Å²) in [6, 6.07) is 5.40. The van der Waals surface area contributed by atoms with E-state index in [1.165, 1.54) is 13.0 Å². The highest BCUT2D eigenvalue weighted by molar-refractivity contribution is 5.94. The Kier molecular flexibility index (Phi) is 4.81. The lowest BCUT2D eigenvalue weighted by molar-refractivity contribution is -0.137. The van der Waals surface area contributed by atoms with Crippen LogP contribution in [0.3, 0.4) is 0 Å². The summed E-state index contributed by atoms with van der Waals surface area (Å²) in [6.45, 7) is 9.27. The number of allylic oxidation sites excluding steroid dienone is 1. The Balaban J connectivity index is 1.95. The van der Waals surface area contributed by atoms with Crippen LogP contribution in [0.2, 0.25) is 0 Å². The van der Waals surface area contributed by atoms with Crippen molar-refractivity contribution in [2.24, 2.45) is 0 Å². The summed E-state index contributed by atoms with van der Waals surface area (Å²) in [7, 11) is 0. The van der Waals surface area contributed by atoms with E-state index in [9.17, 15) is 9.59 Å². The van der Waals surface area contributed by atoms with Crippen LogP contribution in [0.5, 0.6) is 5.75 Å². The third kappa shape index (κ3) is 3.85. The third-order valence-electron chi connectivity index (χ3n) is 3.40. The smallest absolute Gasteiger partial charge is 0.331 e. The lowest BCUT2D eigenvalue weighted by Crippen LogP contribution is -2.20. The number of benzene rings is 1. The minimum absolute atomic E-state index is 0.0285. The van der Waals surface area contributed by atoms with E-state index in [-0.39, 0.29) is 24.5 Å². The number of rotatable bonds is 5. The van der Waals surface area contributed by atoms with Gasteiger partial charge < -0.3 is 9.47 Å². The molecule has 116 valence electrons. The monoisotopic (exact) mass is 300 g/mol. The quantitative estimate of drug-likeness (QED) is 0.362. The average Bonchev–Trinajstić information content (AvgIpc) is 2.86. The van der Waals surface area contributed by atoms with E-state index in [1.54, 1.807) is 12.1 Å². The fraction of sp³-hybridized carbons (Fsp3) is 0.333. The molecule has 0 fully saturated rings. The van der Waals surface area contributed by atoms with Crippen LogP contribution in [0.4, 0.5) is 0 Å². The minimum Gasteiger partial charge on any atom is -0.485 e. The van der Waals surface area contributed by atoms with Crippen molar-refractivity contribution in [1.82, 2.24) is 0 Å². The van der Waals surface area contributed by atoms with Gasteiger partial charge in [-0.1, -0.05) is 12.2 Å². The highest BCUT2D eigenvalue weighted by Crippen LogP contribution is 2.32. The molecule has 0 spiro atoms. The summed E-state index contributed by atoms with van der Waals surface area (Å²) in [6.07, 6.45) is 1.85. The first kappa shape index (κ1) is 16.0. The van der Waals surface area contributed by atoms with Crippen molar-refractivity contribution < 1.29 is 19.1 Å². The zero-order valence-electron chi connectivity index (χ0n) is 13.1. The normalized spacial score (nSPS) is 15.5. The number of fused-ring (bicyclic) bond motifs is 1. The Bertz CT molecular complexity index is 651. The van der Waals surface area contributed by atoms with E-state index < -0.39 is 0 Å². The number of carbonyl (C=O) groups excluding carboxylic acids is 2. The summed E-state index contributed by atoms with van der Waals surface area (Å²) in [4.78, 5) is 22.9. The lowest BCUT2D eigenvalue weighted by Gasteiger charge is -2.13. The highest BCUT2D eigenvalue weighted by atomic mass is 16.5. The number of ketones is 1.